The lowest BCUT2D eigenvalue weighted by atomic mass is 9.97. The molecule has 0 radical (unpaired) electrons. The summed E-state index contributed by atoms with van der Waals surface area (Å²) in [6.45, 7) is 0. The molecular weight excluding hydrogens is 434 g/mol. The molecule has 0 amide bonds. The van der Waals surface area contributed by atoms with Gasteiger partial charge in [0.2, 0.25) is 5.95 Å². The van der Waals surface area contributed by atoms with E-state index >= 15 is 0 Å². The molecule has 2 aromatic carbocycles. The normalized spacial score (nSPS) is 14.6. The Morgan fingerprint density at radius 3 is 2.64 bits per heavy atom. The van der Waals surface area contributed by atoms with Crippen molar-refractivity contribution in [1.29, 1.82) is 0 Å². The number of benzene rings is 2. The van der Waals surface area contributed by atoms with Crippen molar-refractivity contribution in [3.05, 3.63) is 88.8 Å². The fourth-order valence-corrected chi connectivity index (χ4v) is 4.61. The zero-order chi connectivity index (χ0) is 22.8. The molecule has 1 unspecified atom stereocenters. The summed E-state index contributed by atoms with van der Waals surface area (Å²) in [6, 6.07) is 20.2. The second-order valence-electron chi connectivity index (χ2n) is 7.92. The zero-order valence-corrected chi connectivity index (χ0v) is 19.2. The number of halogens is 1. The lowest BCUT2D eigenvalue weighted by Gasteiger charge is -2.16. The van der Waals surface area contributed by atoms with Gasteiger partial charge in [-0.25, -0.2) is 9.97 Å². The summed E-state index contributed by atoms with van der Waals surface area (Å²) in [6.07, 6.45) is 3.68. The summed E-state index contributed by atoms with van der Waals surface area (Å²) < 4.78 is 5.66. The Morgan fingerprint density at radius 2 is 1.88 bits per heavy atom. The van der Waals surface area contributed by atoms with E-state index in [0.717, 1.165) is 46.9 Å². The molecule has 1 atom stereocenters. The molecule has 0 saturated carbocycles. The molecule has 0 saturated heterocycles. The lowest BCUT2D eigenvalue weighted by Crippen LogP contribution is -2.08. The highest BCUT2D eigenvalue weighted by atomic mass is 35.5. The van der Waals surface area contributed by atoms with E-state index < -0.39 is 0 Å². The van der Waals surface area contributed by atoms with E-state index in [1.807, 2.05) is 43.4 Å². The highest BCUT2D eigenvalue weighted by molar-refractivity contribution is 6.29. The number of ether oxygens (including phenoxy) is 1. The largest absolute Gasteiger partial charge is 0.496 e. The smallest absolute Gasteiger partial charge is 0.229 e. The van der Waals surface area contributed by atoms with Crippen LogP contribution in [0.1, 0.15) is 29.2 Å². The fourth-order valence-electron chi connectivity index (χ4n) is 4.44. The maximum atomic E-state index is 6.07. The van der Waals surface area contributed by atoms with Crippen LogP contribution in [0, 0.1) is 0 Å². The molecule has 0 aliphatic heterocycles. The highest BCUT2D eigenvalue weighted by Crippen LogP contribution is 2.40. The van der Waals surface area contributed by atoms with Gasteiger partial charge in [-0.05, 0) is 48.2 Å². The molecule has 0 spiro atoms. The lowest BCUT2D eigenvalue weighted by molar-refractivity contribution is 0.416. The van der Waals surface area contributed by atoms with E-state index in [0.29, 0.717) is 11.1 Å². The van der Waals surface area contributed by atoms with Crippen LogP contribution in [0.3, 0.4) is 0 Å². The van der Waals surface area contributed by atoms with Crippen LogP contribution in [-0.4, -0.2) is 29.1 Å². The third-order valence-corrected chi connectivity index (χ3v) is 6.19. The van der Waals surface area contributed by atoms with Crippen molar-refractivity contribution in [2.24, 2.45) is 0 Å². The number of pyridine rings is 1. The first-order valence-electron chi connectivity index (χ1n) is 10.9. The monoisotopic (exact) mass is 457 g/mol. The first-order valence-corrected chi connectivity index (χ1v) is 11.2. The van der Waals surface area contributed by atoms with Gasteiger partial charge in [0.15, 0.2) is 0 Å². The average Bonchev–Trinajstić information content (AvgIpc) is 3.28. The number of methoxy groups -OCH3 is 1. The van der Waals surface area contributed by atoms with Gasteiger partial charge < -0.3 is 15.4 Å². The Balaban J connectivity index is 1.49. The predicted octanol–water partition coefficient (Wildman–Crippen LogP) is 6.06. The number of aromatic nitrogens is 3. The molecule has 4 aromatic rings. The number of hydrogen-bond donors (Lipinski definition) is 2. The standard InChI is InChI=1S/C26H24ClN5O/c1-28-25-21-11-10-20(16-6-4-3-5-7-16)24(21)31-26(32-25)30-18-8-9-19(22(15-18)33-2)17-12-13-29-23(27)14-17/h3-9,12-15,20H,10-11H2,1-2H3,(H2,28,30,31,32). The Labute approximate surface area is 198 Å². The van der Waals surface area contributed by atoms with Gasteiger partial charge in [-0.2, -0.15) is 4.98 Å². The quantitative estimate of drug-likeness (QED) is 0.343. The van der Waals surface area contributed by atoms with Crippen molar-refractivity contribution in [3.63, 3.8) is 0 Å². The van der Waals surface area contributed by atoms with Crippen molar-refractivity contribution in [1.82, 2.24) is 15.0 Å². The molecule has 0 bridgehead atoms. The summed E-state index contributed by atoms with van der Waals surface area (Å²) in [7, 11) is 3.56. The number of nitrogens with zero attached hydrogens (tertiary/aromatic N) is 3. The fraction of sp³-hybridized carbons (Fsp3) is 0.192. The number of hydrogen-bond acceptors (Lipinski definition) is 6. The van der Waals surface area contributed by atoms with Gasteiger partial charge in [0.25, 0.3) is 0 Å². The molecular formula is C26H24ClN5O. The summed E-state index contributed by atoms with van der Waals surface area (Å²) in [4.78, 5) is 13.7. The minimum Gasteiger partial charge on any atom is -0.496 e. The number of anilines is 3. The Morgan fingerprint density at radius 1 is 1.03 bits per heavy atom. The first kappa shape index (κ1) is 21.2. The topological polar surface area (TPSA) is 72.0 Å². The summed E-state index contributed by atoms with van der Waals surface area (Å²) in [5, 5.41) is 7.05. The molecule has 2 aromatic heterocycles. The predicted molar refractivity (Wildman–Crippen MR) is 133 cm³/mol. The van der Waals surface area contributed by atoms with E-state index in [9.17, 15) is 0 Å². The van der Waals surface area contributed by atoms with Crippen molar-refractivity contribution in [3.8, 4) is 16.9 Å². The molecule has 6 nitrogen and oxygen atoms in total. The number of fused-ring (bicyclic) bond motifs is 1. The Kier molecular flexibility index (Phi) is 5.84. The van der Waals surface area contributed by atoms with Gasteiger partial charge in [0, 0.05) is 42.0 Å². The van der Waals surface area contributed by atoms with Gasteiger partial charge in [-0.1, -0.05) is 41.9 Å². The summed E-state index contributed by atoms with van der Waals surface area (Å²) in [5.41, 5.74) is 6.27. The van der Waals surface area contributed by atoms with Gasteiger partial charge in [-0.15, -0.1) is 0 Å². The minimum absolute atomic E-state index is 0.269. The number of rotatable bonds is 6. The van der Waals surface area contributed by atoms with Crippen molar-refractivity contribution >= 4 is 29.1 Å². The Bertz CT molecular complexity index is 1300. The minimum atomic E-state index is 0.269. The highest BCUT2D eigenvalue weighted by Gasteiger charge is 2.29. The molecule has 1 aliphatic carbocycles. The van der Waals surface area contributed by atoms with Crippen LogP contribution in [0.4, 0.5) is 17.5 Å². The summed E-state index contributed by atoms with van der Waals surface area (Å²) >= 11 is 6.07. The zero-order valence-electron chi connectivity index (χ0n) is 18.5. The van der Waals surface area contributed by atoms with Gasteiger partial charge in [-0.3, -0.25) is 0 Å². The van der Waals surface area contributed by atoms with Crippen LogP contribution in [0.25, 0.3) is 11.1 Å². The number of nitrogens with one attached hydrogen (secondary N) is 2. The third-order valence-electron chi connectivity index (χ3n) is 5.99. The third kappa shape index (κ3) is 4.22. The van der Waals surface area contributed by atoms with Crippen molar-refractivity contribution < 1.29 is 4.74 Å². The van der Waals surface area contributed by atoms with E-state index in [2.05, 4.69) is 39.9 Å². The SMILES string of the molecule is CNc1nc(Nc2ccc(-c3ccnc(Cl)c3)c(OC)c2)nc2c1CCC2c1ccccc1. The van der Waals surface area contributed by atoms with Gasteiger partial charge in [0.1, 0.15) is 16.7 Å². The van der Waals surface area contributed by atoms with Crippen LogP contribution in [0.2, 0.25) is 5.15 Å². The molecule has 166 valence electrons. The van der Waals surface area contributed by atoms with E-state index in [4.69, 9.17) is 26.3 Å². The molecule has 7 heteroatoms. The van der Waals surface area contributed by atoms with Crippen molar-refractivity contribution in [2.75, 3.05) is 24.8 Å². The van der Waals surface area contributed by atoms with Crippen LogP contribution in [0.5, 0.6) is 5.75 Å². The second-order valence-corrected chi connectivity index (χ2v) is 8.31. The Hall–Kier alpha value is -3.64. The average molecular weight is 458 g/mol. The maximum absolute atomic E-state index is 6.07. The van der Waals surface area contributed by atoms with Crippen LogP contribution in [0.15, 0.2) is 66.9 Å². The van der Waals surface area contributed by atoms with Crippen LogP contribution >= 0.6 is 11.6 Å². The first-order chi connectivity index (χ1) is 16.2. The van der Waals surface area contributed by atoms with Gasteiger partial charge in [0.05, 0.1) is 12.8 Å². The summed E-state index contributed by atoms with van der Waals surface area (Å²) in [5.74, 6) is 2.42. The van der Waals surface area contributed by atoms with Crippen LogP contribution in [-0.2, 0) is 6.42 Å². The molecule has 1 aliphatic rings. The van der Waals surface area contributed by atoms with E-state index in [1.165, 1.54) is 11.1 Å². The van der Waals surface area contributed by atoms with Gasteiger partial charge >= 0.3 is 0 Å². The molecule has 33 heavy (non-hydrogen) atoms. The van der Waals surface area contributed by atoms with Crippen LogP contribution < -0.4 is 15.4 Å². The molecule has 2 N–H and O–H groups in total. The molecule has 5 rings (SSSR count). The second kappa shape index (κ2) is 9.08. The van der Waals surface area contributed by atoms with E-state index in [-0.39, 0.29) is 5.92 Å². The van der Waals surface area contributed by atoms with E-state index in [1.54, 1.807) is 13.3 Å². The van der Waals surface area contributed by atoms with Crippen molar-refractivity contribution in [2.45, 2.75) is 18.8 Å². The molecule has 2 heterocycles. The maximum Gasteiger partial charge on any atom is 0.229 e. The molecule has 0 fully saturated rings.